The van der Waals surface area contributed by atoms with Crippen molar-refractivity contribution in [2.24, 2.45) is 5.22 Å². The maximum Gasteiger partial charge on any atom is 0.206 e. The molecule has 0 bridgehead atoms. The smallest absolute Gasteiger partial charge is 0.206 e. The van der Waals surface area contributed by atoms with Crippen molar-refractivity contribution in [3.63, 3.8) is 0 Å². The first-order valence-corrected chi connectivity index (χ1v) is 3.84. The molecule has 1 saturated heterocycles. The average Bonchev–Trinajstić information content (AvgIpc) is 2.31. The average molecular weight is 155 g/mol. The van der Waals surface area contributed by atoms with E-state index in [1.165, 1.54) is 0 Å². The lowest BCUT2D eigenvalue weighted by atomic mass is 10.5. The Kier molecular flexibility index (Phi) is 2.63. The maximum absolute atomic E-state index is 4.05. The van der Waals surface area contributed by atoms with Crippen molar-refractivity contribution in [1.29, 1.82) is 0 Å². The molecule has 0 radical (unpaired) electrons. The van der Waals surface area contributed by atoms with Crippen LogP contribution in [0.15, 0.2) is 5.22 Å². The molecule has 0 saturated carbocycles. The van der Waals surface area contributed by atoms with Crippen molar-refractivity contribution >= 4 is 5.71 Å². The standard InChI is InChI=1S/C7H15N4/c1-7(2)8-9-11-5-4-10(3)6-11/h4-6H2,1-3H3/q+1. The van der Waals surface area contributed by atoms with Gasteiger partial charge in [0.15, 0.2) is 11.9 Å². The third kappa shape index (κ3) is 2.70. The van der Waals surface area contributed by atoms with Crippen LogP contribution >= 0.6 is 0 Å². The fourth-order valence-corrected chi connectivity index (χ4v) is 0.932. The monoisotopic (exact) mass is 155 g/mol. The highest BCUT2D eigenvalue weighted by atomic mass is 15.6. The second-order valence-corrected chi connectivity index (χ2v) is 3.09. The zero-order valence-electron chi connectivity index (χ0n) is 7.41. The van der Waals surface area contributed by atoms with E-state index in [1.807, 2.05) is 18.9 Å². The molecule has 4 heteroatoms. The number of rotatable bonds is 1. The Morgan fingerprint density at radius 2 is 2.09 bits per heavy atom. The molecule has 1 heterocycles. The Hall–Kier alpha value is -0.860. The molecule has 11 heavy (non-hydrogen) atoms. The molecule has 0 atom stereocenters. The van der Waals surface area contributed by atoms with E-state index in [2.05, 4.69) is 22.0 Å². The van der Waals surface area contributed by atoms with E-state index in [4.69, 9.17) is 0 Å². The molecular formula is C7H15N4+. The number of hydrogen-bond donors (Lipinski definition) is 0. The van der Waals surface area contributed by atoms with Gasteiger partial charge >= 0.3 is 0 Å². The summed E-state index contributed by atoms with van der Waals surface area (Å²) < 4.78 is 0. The summed E-state index contributed by atoms with van der Waals surface area (Å²) in [6.07, 6.45) is 0. The van der Waals surface area contributed by atoms with E-state index in [1.54, 1.807) is 0 Å². The second-order valence-electron chi connectivity index (χ2n) is 3.09. The first kappa shape index (κ1) is 8.24. The minimum absolute atomic E-state index is 0.900. The molecule has 4 nitrogen and oxygen atoms in total. The van der Waals surface area contributed by atoms with Crippen LogP contribution in [0.2, 0.25) is 0 Å². The molecule has 0 spiro atoms. The molecule has 0 amide bonds. The molecule has 62 valence electrons. The quantitative estimate of drug-likeness (QED) is 0.309. The van der Waals surface area contributed by atoms with Crippen LogP contribution in [-0.2, 0) is 0 Å². The van der Waals surface area contributed by atoms with Crippen LogP contribution in [0.5, 0.6) is 0 Å². The third-order valence-electron chi connectivity index (χ3n) is 1.52. The summed E-state index contributed by atoms with van der Waals surface area (Å²) in [5.41, 5.74) is 1.000. The highest BCUT2D eigenvalue weighted by Gasteiger charge is 2.20. The van der Waals surface area contributed by atoms with Gasteiger partial charge in [0.2, 0.25) is 5.71 Å². The van der Waals surface area contributed by atoms with E-state index in [0.717, 1.165) is 25.5 Å². The van der Waals surface area contributed by atoms with E-state index in [0.29, 0.717) is 0 Å². The Morgan fingerprint density at radius 1 is 1.36 bits per heavy atom. The van der Waals surface area contributed by atoms with Gasteiger partial charge in [-0.3, -0.25) is 4.90 Å². The van der Waals surface area contributed by atoms with E-state index >= 15 is 0 Å². The van der Waals surface area contributed by atoms with Crippen LogP contribution < -0.4 is 0 Å². The molecule has 0 aromatic rings. The fourth-order valence-electron chi connectivity index (χ4n) is 0.932. The summed E-state index contributed by atoms with van der Waals surface area (Å²) in [6, 6.07) is 0. The van der Waals surface area contributed by atoms with Crippen molar-refractivity contribution in [3.8, 4) is 0 Å². The molecule has 0 N–H and O–H groups in total. The molecule has 1 aliphatic rings. The topological polar surface area (TPSA) is 32.9 Å². The Bertz CT molecular complexity index is 189. The summed E-state index contributed by atoms with van der Waals surface area (Å²) in [5.74, 6) is 0. The molecule has 0 aromatic carbocycles. The molecule has 1 rings (SSSR count). The number of hydrogen-bond acceptors (Lipinski definition) is 2. The third-order valence-corrected chi connectivity index (χ3v) is 1.52. The van der Waals surface area contributed by atoms with Crippen LogP contribution in [0.25, 0.3) is 0 Å². The summed E-state index contributed by atoms with van der Waals surface area (Å²) in [5, 5.41) is 6.02. The van der Waals surface area contributed by atoms with Crippen molar-refractivity contribution in [1.82, 2.24) is 9.91 Å². The second kappa shape index (κ2) is 3.51. The van der Waals surface area contributed by atoms with Gasteiger partial charge in [-0.25, -0.2) is 0 Å². The van der Waals surface area contributed by atoms with Crippen LogP contribution in [0, 0.1) is 0 Å². The van der Waals surface area contributed by atoms with Gasteiger partial charge < -0.3 is 0 Å². The minimum atomic E-state index is 0.900. The van der Waals surface area contributed by atoms with Gasteiger partial charge in [0.25, 0.3) is 0 Å². The van der Waals surface area contributed by atoms with Gasteiger partial charge in [-0.05, 0) is 7.05 Å². The zero-order valence-corrected chi connectivity index (χ0v) is 7.41. The molecule has 1 aliphatic heterocycles. The highest BCUT2D eigenvalue weighted by Crippen LogP contribution is 1.99. The first-order chi connectivity index (χ1) is 5.18. The lowest BCUT2D eigenvalue weighted by Gasteiger charge is -1.99. The molecule has 0 unspecified atom stereocenters. The van der Waals surface area contributed by atoms with Crippen molar-refractivity contribution < 1.29 is 4.79 Å². The summed E-state index contributed by atoms with van der Waals surface area (Å²) in [6.45, 7) is 6.87. The van der Waals surface area contributed by atoms with Gasteiger partial charge in [0.05, 0.1) is 0 Å². The molecule has 1 fully saturated rings. The summed E-state index contributed by atoms with van der Waals surface area (Å²) in [7, 11) is 2.08. The van der Waals surface area contributed by atoms with Crippen molar-refractivity contribution in [2.75, 3.05) is 26.8 Å². The summed E-state index contributed by atoms with van der Waals surface area (Å²) >= 11 is 0. The summed E-state index contributed by atoms with van der Waals surface area (Å²) in [4.78, 5) is 6.19. The van der Waals surface area contributed by atoms with E-state index in [9.17, 15) is 0 Å². The van der Waals surface area contributed by atoms with Crippen molar-refractivity contribution in [2.45, 2.75) is 13.8 Å². The van der Waals surface area contributed by atoms with E-state index in [-0.39, 0.29) is 0 Å². The number of nitrogens with zero attached hydrogens (tertiary/aromatic N) is 4. The molecule has 0 aliphatic carbocycles. The van der Waals surface area contributed by atoms with Crippen LogP contribution in [0.1, 0.15) is 13.8 Å². The SMILES string of the molecule is CC(C)=[N+]=NN1CCN(C)C1. The van der Waals surface area contributed by atoms with Crippen LogP contribution in [-0.4, -0.2) is 47.2 Å². The largest absolute Gasteiger partial charge is 0.265 e. The Balaban J connectivity index is 2.46. The maximum atomic E-state index is 4.05. The Morgan fingerprint density at radius 3 is 2.55 bits per heavy atom. The predicted octanol–water partition coefficient (Wildman–Crippen LogP) is 0.247. The van der Waals surface area contributed by atoms with Gasteiger partial charge in [-0.15, -0.1) is 5.01 Å². The lowest BCUT2D eigenvalue weighted by molar-refractivity contribution is -0.141. The van der Waals surface area contributed by atoms with Crippen molar-refractivity contribution in [3.05, 3.63) is 0 Å². The van der Waals surface area contributed by atoms with Gasteiger partial charge in [-0.2, -0.15) is 0 Å². The van der Waals surface area contributed by atoms with Gasteiger partial charge in [0.1, 0.15) is 6.54 Å². The fraction of sp³-hybridized carbons (Fsp3) is 0.857. The normalized spacial score (nSPS) is 18.3. The highest BCUT2D eigenvalue weighted by molar-refractivity contribution is 5.72. The molecular weight excluding hydrogens is 140 g/mol. The zero-order chi connectivity index (χ0) is 8.27. The first-order valence-electron chi connectivity index (χ1n) is 3.84. The lowest BCUT2D eigenvalue weighted by Crippen LogP contribution is -2.17. The van der Waals surface area contributed by atoms with E-state index < -0.39 is 0 Å². The van der Waals surface area contributed by atoms with Crippen LogP contribution in [0.3, 0.4) is 0 Å². The minimum Gasteiger partial charge on any atom is -0.265 e. The predicted molar refractivity (Wildman–Crippen MR) is 43.2 cm³/mol. The van der Waals surface area contributed by atoms with Crippen LogP contribution in [0.4, 0.5) is 0 Å². The Labute approximate surface area is 67.2 Å². The molecule has 0 aromatic heterocycles. The van der Waals surface area contributed by atoms with Gasteiger partial charge in [-0.1, -0.05) is 4.79 Å². The van der Waals surface area contributed by atoms with Gasteiger partial charge in [0, 0.05) is 20.4 Å². The number of likely N-dealkylation sites (N-methyl/N-ethyl adjacent to an activating group) is 1.